The standard InChI is InChI=1S/C13H8N4O.C12H20N4OS/c14-8-10-6-7-17-12(10)13(18)16(9-15-17)11-4-2-1-3-5-11;1-12(2,3)7-16(4)10-9-8(5-6-18(9)17)14-11(13)15-10/h1-7,9H;5-7H2,1-4H3,(H2,13,14,15). The van der Waals surface area contributed by atoms with Gasteiger partial charge in [0.05, 0.1) is 27.7 Å². The van der Waals surface area contributed by atoms with Gasteiger partial charge in [-0.3, -0.25) is 13.6 Å². The van der Waals surface area contributed by atoms with Gasteiger partial charge in [0.25, 0.3) is 5.56 Å². The van der Waals surface area contributed by atoms with Gasteiger partial charge in [0.15, 0.2) is 5.82 Å². The molecule has 5 rings (SSSR count). The minimum absolute atomic E-state index is 0.140. The van der Waals surface area contributed by atoms with Crippen molar-refractivity contribution < 1.29 is 4.21 Å². The molecule has 0 aliphatic carbocycles. The molecule has 186 valence electrons. The van der Waals surface area contributed by atoms with E-state index >= 15 is 0 Å². The summed E-state index contributed by atoms with van der Waals surface area (Å²) in [6.45, 7) is 7.30. The number of nitrogens with zero attached hydrogens (tertiary/aromatic N) is 7. The van der Waals surface area contributed by atoms with Crippen molar-refractivity contribution in [2.24, 2.45) is 5.41 Å². The van der Waals surface area contributed by atoms with Crippen LogP contribution >= 0.6 is 0 Å². The second-order valence-electron chi connectivity index (χ2n) is 9.67. The van der Waals surface area contributed by atoms with Gasteiger partial charge in [0, 0.05) is 32.0 Å². The minimum atomic E-state index is -0.989. The molecule has 1 aromatic carbocycles. The number of para-hydroxylation sites is 1. The van der Waals surface area contributed by atoms with E-state index in [1.807, 2.05) is 48.3 Å². The predicted molar refractivity (Wildman–Crippen MR) is 140 cm³/mol. The van der Waals surface area contributed by atoms with Crippen LogP contribution in [0.4, 0.5) is 11.8 Å². The Morgan fingerprint density at radius 3 is 2.58 bits per heavy atom. The van der Waals surface area contributed by atoms with Crippen LogP contribution in [0.2, 0.25) is 0 Å². The third-order valence-electron chi connectivity index (χ3n) is 5.49. The van der Waals surface area contributed by atoms with E-state index in [9.17, 15) is 9.00 Å². The first-order valence-corrected chi connectivity index (χ1v) is 12.7. The van der Waals surface area contributed by atoms with Gasteiger partial charge in [-0.15, -0.1) is 0 Å². The lowest BCUT2D eigenvalue weighted by Gasteiger charge is -2.28. The summed E-state index contributed by atoms with van der Waals surface area (Å²) in [4.78, 5) is 23.6. The van der Waals surface area contributed by atoms with Gasteiger partial charge in [-0.2, -0.15) is 15.3 Å². The van der Waals surface area contributed by atoms with Gasteiger partial charge >= 0.3 is 0 Å². The summed E-state index contributed by atoms with van der Waals surface area (Å²) in [5, 5.41) is 13.1. The predicted octanol–water partition coefficient (Wildman–Crippen LogP) is 2.56. The van der Waals surface area contributed by atoms with Crippen LogP contribution in [0.15, 0.2) is 58.6 Å². The Morgan fingerprint density at radius 2 is 1.92 bits per heavy atom. The fraction of sp³-hybridized carbons (Fsp3) is 0.320. The van der Waals surface area contributed by atoms with E-state index < -0.39 is 10.8 Å². The van der Waals surface area contributed by atoms with Crippen molar-refractivity contribution in [3.05, 3.63) is 70.5 Å². The van der Waals surface area contributed by atoms with E-state index in [0.717, 1.165) is 35.1 Å². The number of nitriles is 1. The molecule has 0 saturated heterocycles. The maximum Gasteiger partial charge on any atom is 0.283 e. The zero-order valence-corrected chi connectivity index (χ0v) is 21.5. The lowest BCUT2D eigenvalue weighted by atomic mass is 9.96. The average molecular weight is 505 g/mol. The molecular weight excluding hydrogens is 476 g/mol. The van der Waals surface area contributed by atoms with Gasteiger partial charge in [0.1, 0.15) is 22.8 Å². The highest BCUT2D eigenvalue weighted by molar-refractivity contribution is 7.85. The lowest BCUT2D eigenvalue weighted by Crippen LogP contribution is -2.31. The number of rotatable bonds is 3. The fourth-order valence-electron chi connectivity index (χ4n) is 4.11. The second-order valence-corrected chi connectivity index (χ2v) is 11.2. The van der Waals surface area contributed by atoms with Crippen LogP contribution in [0.25, 0.3) is 11.2 Å². The van der Waals surface area contributed by atoms with Crippen molar-refractivity contribution in [3.8, 4) is 11.8 Å². The van der Waals surface area contributed by atoms with Crippen molar-refractivity contribution >= 4 is 28.1 Å². The molecule has 0 saturated carbocycles. The molecule has 10 nitrogen and oxygen atoms in total. The van der Waals surface area contributed by atoms with Crippen LogP contribution in [0, 0.1) is 16.7 Å². The molecule has 3 aromatic heterocycles. The highest BCUT2D eigenvalue weighted by Gasteiger charge is 2.28. The van der Waals surface area contributed by atoms with E-state index in [4.69, 9.17) is 11.0 Å². The average Bonchev–Trinajstić information content (AvgIpc) is 3.42. The van der Waals surface area contributed by atoms with E-state index in [0.29, 0.717) is 16.8 Å². The van der Waals surface area contributed by atoms with E-state index in [1.54, 1.807) is 12.3 Å². The summed E-state index contributed by atoms with van der Waals surface area (Å²) in [6, 6.07) is 12.8. The quantitative estimate of drug-likeness (QED) is 0.450. The van der Waals surface area contributed by atoms with Gasteiger partial charge < -0.3 is 10.6 Å². The molecule has 11 heteroatoms. The zero-order chi connectivity index (χ0) is 26.0. The molecule has 36 heavy (non-hydrogen) atoms. The van der Waals surface area contributed by atoms with E-state index in [1.165, 1.54) is 15.4 Å². The van der Waals surface area contributed by atoms with Gasteiger partial charge in [-0.25, -0.2) is 9.50 Å². The number of hydrogen-bond acceptors (Lipinski definition) is 8. The molecule has 1 aliphatic rings. The molecular formula is C25H28N8O2S. The van der Waals surface area contributed by atoms with Gasteiger partial charge in [-0.05, 0) is 23.6 Å². The smallest absolute Gasteiger partial charge is 0.283 e. The second kappa shape index (κ2) is 9.91. The summed E-state index contributed by atoms with van der Waals surface area (Å²) in [7, 11) is 0.972. The van der Waals surface area contributed by atoms with Crippen LogP contribution in [-0.4, -0.2) is 47.7 Å². The zero-order valence-electron chi connectivity index (χ0n) is 20.7. The molecule has 4 heterocycles. The highest BCUT2D eigenvalue weighted by atomic mass is 32.2. The molecule has 4 aromatic rings. The normalized spacial score (nSPS) is 14.6. The summed E-state index contributed by atoms with van der Waals surface area (Å²) in [5.74, 6) is 1.62. The Bertz CT molecular complexity index is 1530. The maximum atomic E-state index is 12.3. The fourth-order valence-corrected chi connectivity index (χ4v) is 5.51. The lowest BCUT2D eigenvalue weighted by molar-refractivity contribution is 0.417. The van der Waals surface area contributed by atoms with Crippen molar-refractivity contribution in [3.63, 3.8) is 0 Å². The van der Waals surface area contributed by atoms with Crippen molar-refractivity contribution in [1.29, 1.82) is 5.26 Å². The largest absolute Gasteiger partial charge is 0.368 e. The first-order valence-electron chi connectivity index (χ1n) is 11.4. The van der Waals surface area contributed by atoms with Crippen LogP contribution in [0.1, 0.15) is 32.0 Å². The summed E-state index contributed by atoms with van der Waals surface area (Å²) in [5.41, 5.74) is 7.81. The molecule has 0 spiro atoms. The highest BCUT2D eigenvalue weighted by Crippen LogP contribution is 2.31. The Balaban J connectivity index is 0.000000169. The first kappa shape index (κ1) is 25.1. The molecule has 0 fully saturated rings. The number of aromatic nitrogens is 5. The third-order valence-corrected chi connectivity index (χ3v) is 6.94. The monoisotopic (exact) mass is 504 g/mol. The van der Waals surface area contributed by atoms with Gasteiger partial charge in [-0.1, -0.05) is 39.0 Å². The number of nitrogens with two attached hydrogens (primary N) is 1. The van der Waals surface area contributed by atoms with Crippen molar-refractivity contribution in [2.75, 3.05) is 30.0 Å². The third kappa shape index (κ3) is 5.13. The van der Waals surface area contributed by atoms with Crippen LogP contribution in [-0.2, 0) is 17.2 Å². The van der Waals surface area contributed by atoms with Crippen molar-refractivity contribution in [2.45, 2.75) is 32.1 Å². The molecule has 1 unspecified atom stereocenters. The molecule has 1 aliphatic heterocycles. The van der Waals surface area contributed by atoms with E-state index in [-0.39, 0.29) is 16.9 Å². The van der Waals surface area contributed by atoms with Crippen LogP contribution < -0.4 is 16.2 Å². The Kier molecular flexibility index (Phi) is 6.90. The number of benzene rings is 1. The number of fused-ring (bicyclic) bond motifs is 2. The number of nitrogen functional groups attached to an aromatic ring is 1. The Labute approximate surface area is 211 Å². The molecule has 2 N–H and O–H groups in total. The minimum Gasteiger partial charge on any atom is -0.368 e. The molecule has 0 bridgehead atoms. The Hall–Kier alpha value is -4.04. The van der Waals surface area contributed by atoms with Crippen molar-refractivity contribution in [1.82, 2.24) is 24.1 Å². The van der Waals surface area contributed by atoms with Crippen LogP contribution in [0.3, 0.4) is 0 Å². The first-order chi connectivity index (χ1) is 17.1. The molecule has 0 radical (unpaired) electrons. The number of aryl methyl sites for hydroxylation is 1. The SMILES string of the molecule is CN(CC(C)(C)C)c1nc(N)nc2c1S(=O)CC2.N#Cc1ccn2ncn(-c3ccccc3)c(=O)c12. The topological polar surface area (TPSA) is 135 Å². The van der Waals surface area contributed by atoms with Gasteiger partial charge in [0.2, 0.25) is 5.95 Å². The van der Waals surface area contributed by atoms with Crippen LogP contribution in [0.5, 0.6) is 0 Å². The maximum absolute atomic E-state index is 12.3. The molecule has 1 atom stereocenters. The summed E-state index contributed by atoms with van der Waals surface area (Å²) < 4.78 is 14.9. The Morgan fingerprint density at radius 1 is 1.19 bits per heavy atom. The number of anilines is 2. The summed E-state index contributed by atoms with van der Waals surface area (Å²) in [6.07, 6.45) is 3.78. The number of hydrogen-bond donors (Lipinski definition) is 1. The molecule has 0 amide bonds. The van der Waals surface area contributed by atoms with E-state index in [2.05, 4.69) is 35.8 Å². The summed E-state index contributed by atoms with van der Waals surface area (Å²) >= 11 is 0.